The van der Waals surface area contributed by atoms with Crippen LogP contribution in [0.4, 0.5) is 0 Å². The van der Waals surface area contributed by atoms with Crippen molar-refractivity contribution in [2.75, 3.05) is 19.7 Å². The Balaban J connectivity index is 1.75. The molecule has 2 rings (SSSR count). The molecule has 4 nitrogen and oxygen atoms in total. The molecule has 0 spiro atoms. The fraction of sp³-hybridized carbons (Fsp3) is 0.500. The van der Waals surface area contributed by atoms with E-state index in [0.29, 0.717) is 31.1 Å². The monoisotopic (exact) mass is 272 g/mol. The average Bonchev–Trinajstić information content (AvgIpc) is 2.80. The first-order chi connectivity index (χ1) is 9.72. The fourth-order valence-corrected chi connectivity index (χ4v) is 2.57. The van der Waals surface area contributed by atoms with Crippen molar-refractivity contribution in [1.29, 1.82) is 5.26 Å². The van der Waals surface area contributed by atoms with Gasteiger partial charge in [-0.2, -0.15) is 5.26 Å². The lowest BCUT2D eigenvalue weighted by atomic mass is 10.0. The van der Waals surface area contributed by atoms with E-state index in [1.165, 1.54) is 0 Å². The summed E-state index contributed by atoms with van der Waals surface area (Å²) in [6.45, 7) is 4.15. The van der Waals surface area contributed by atoms with E-state index in [0.717, 1.165) is 25.1 Å². The average molecular weight is 272 g/mol. The van der Waals surface area contributed by atoms with Gasteiger partial charge in [-0.05, 0) is 36.6 Å². The van der Waals surface area contributed by atoms with E-state index in [2.05, 4.69) is 13.0 Å². The molecule has 4 heteroatoms. The zero-order valence-corrected chi connectivity index (χ0v) is 11.8. The second-order valence-electron chi connectivity index (χ2n) is 5.18. The Hall–Kier alpha value is -2.02. The predicted octanol–water partition coefficient (Wildman–Crippen LogP) is 2.59. The molecule has 0 bridgehead atoms. The lowest BCUT2D eigenvalue weighted by Crippen LogP contribution is -2.29. The van der Waals surface area contributed by atoms with Crippen LogP contribution in [0.25, 0.3) is 0 Å². The molecule has 20 heavy (non-hydrogen) atoms. The molecule has 0 N–H and O–H groups in total. The molecule has 1 aromatic carbocycles. The number of benzene rings is 1. The standard InChI is InChI=1S/C16H20N2O2/c1-2-3-14-10-16(19)18(12-14)8-9-20-15-6-4-13(11-17)5-7-15/h4-7,14H,2-3,8-10,12H2,1H3. The third-order valence-corrected chi connectivity index (χ3v) is 3.60. The summed E-state index contributed by atoms with van der Waals surface area (Å²) >= 11 is 0. The molecular weight excluding hydrogens is 252 g/mol. The van der Waals surface area contributed by atoms with Crippen LogP contribution in [0.3, 0.4) is 0 Å². The van der Waals surface area contributed by atoms with Crippen molar-refractivity contribution in [2.45, 2.75) is 26.2 Å². The zero-order valence-electron chi connectivity index (χ0n) is 11.8. The molecule has 1 aliphatic rings. The summed E-state index contributed by atoms with van der Waals surface area (Å²) in [6.07, 6.45) is 2.94. The maximum atomic E-state index is 11.8. The van der Waals surface area contributed by atoms with Crippen LogP contribution in [0, 0.1) is 17.2 Å². The van der Waals surface area contributed by atoms with Crippen LogP contribution in [-0.4, -0.2) is 30.5 Å². The molecule has 0 radical (unpaired) electrons. The number of rotatable bonds is 6. The van der Waals surface area contributed by atoms with Gasteiger partial charge in [0, 0.05) is 13.0 Å². The highest BCUT2D eigenvalue weighted by atomic mass is 16.5. The van der Waals surface area contributed by atoms with Gasteiger partial charge in [-0.25, -0.2) is 0 Å². The lowest BCUT2D eigenvalue weighted by molar-refractivity contribution is -0.128. The van der Waals surface area contributed by atoms with E-state index >= 15 is 0 Å². The number of nitriles is 1. The van der Waals surface area contributed by atoms with E-state index in [1.807, 2.05) is 4.90 Å². The van der Waals surface area contributed by atoms with Crippen LogP contribution >= 0.6 is 0 Å². The van der Waals surface area contributed by atoms with Gasteiger partial charge in [0.25, 0.3) is 0 Å². The smallest absolute Gasteiger partial charge is 0.223 e. The van der Waals surface area contributed by atoms with E-state index in [-0.39, 0.29) is 5.91 Å². The van der Waals surface area contributed by atoms with Crippen LogP contribution in [0.5, 0.6) is 5.75 Å². The highest BCUT2D eigenvalue weighted by molar-refractivity contribution is 5.78. The minimum Gasteiger partial charge on any atom is -0.492 e. The normalized spacial score (nSPS) is 18.1. The summed E-state index contributed by atoms with van der Waals surface area (Å²) in [6, 6.07) is 9.09. The number of hydrogen-bond acceptors (Lipinski definition) is 3. The molecule has 0 saturated carbocycles. The Labute approximate surface area is 120 Å². The molecular formula is C16H20N2O2. The van der Waals surface area contributed by atoms with Crippen molar-refractivity contribution >= 4 is 5.91 Å². The number of hydrogen-bond donors (Lipinski definition) is 0. The number of amides is 1. The number of carbonyl (C=O) groups is 1. The Kier molecular flexibility index (Phi) is 5.00. The highest BCUT2D eigenvalue weighted by Gasteiger charge is 2.28. The van der Waals surface area contributed by atoms with Crippen LogP contribution in [0.1, 0.15) is 31.7 Å². The van der Waals surface area contributed by atoms with Crippen molar-refractivity contribution in [3.05, 3.63) is 29.8 Å². The summed E-state index contributed by atoms with van der Waals surface area (Å²) in [4.78, 5) is 13.7. The molecule has 106 valence electrons. The van der Waals surface area contributed by atoms with Gasteiger partial charge in [0.1, 0.15) is 12.4 Å². The van der Waals surface area contributed by atoms with Crippen molar-refractivity contribution in [3.63, 3.8) is 0 Å². The Morgan fingerprint density at radius 3 is 2.80 bits per heavy atom. The van der Waals surface area contributed by atoms with Crippen molar-refractivity contribution in [1.82, 2.24) is 4.90 Å². The third-order valence-electron chi connectivity index (χ3n) is 3.60. The maximum absolute atomic E-state index is 11.8. The quantitative estimate of drug-likeness (QED) is 0.799. The van der Waals surface area contributed by atoms with Gasteiger partial charge >= 0.3 is 0 Å². The Morgan fingerprint density at radius 2 is 2.15 bits per heavy atom. The molecule has 1 unspecified atom stereocenters. The number of carbonyl (C=O) groups excluding carboxylic acids is 1. The molecule has 0 aliphatic carbocycles. The molecule has 0 aromatic heterocycles. The van der Waals surface area contributed by atoms with Crippen molar-refractivity contribution < 1.29 is 9.53 Å². The summed E-state index contributed by atoms with van der Waals surface area (Å²) in [5, 5.41) is 8.71. The fourth-order valence-electron chi connectivity index (χ4n) is 2.57. The Morgan fingerprint density at radius 1 is 1.40 bits per heavy atom. The second-order valence-corrected chi connectivity index (χ2v) is 5.18. The van der Waals surface area contributed by atoms with E-state index < -0.39 is 0 Å². The van der Waals surface area contributed by atoms with Gasteiger partial charge in [-0.1, -0.05) is 13.3 Å². The summed E-state index contributed by atoms with van der Waals surface area (Å²) in [5.41, 5.74) is 0.620. The summed E-state index contributed by atoms with van der Waals surface area (Å²) in [7, 11) is 0. The third kappa shape index (κ3) is 3.74. The van der Waals surface area contributed by atoms with E-state index in [9.17, 15) is 4.79 Å². The topological polar surface area (TPSA) is 53.3 Å². The summed E-state index contributed by atoms with van der Waals surface area (Å²) in [5.74, 6) is 1.50. The maximum Gasteiger partial charge on any atom is 0.223 e. The molecule has 1 aliphatic heterocycles. The number of ether oxygens (including phenoxy) is 1. The van der Waals surface area contributed by atoms with Crippen LogP contribution in [0.15, 0.2) is 24.3 Å². The molecule has 1 atom stereocenters. The first-order valence-corrected chi connectivity index (χ1v) is 7.13. The molecule has 1 amide bonds. The van der Waals surface area contributed by atoms with Crippen LogP contribution in [-0.2, 0) is 4.79 Å². The first kappa shape index (κ1) is 14.4. The van der Waals surface area contributed by atoms with Crippen LogP contribution < -0.4 is 4.74 Å². The van der Waals surface area contributed by atoms with Crippen molar-refractivity contribution in [3.8, 4) is 11.8 Å². The van der Waals surface area contributed by atoms with Gasteiger partial charge in [-0.15, -0.1) is 0 Å². The highest BCUT2D eigenvalue weighted by Crippen LogP contribution is 2.21. The minimum atomic E-state index is 0.242. The SMILES string of the molecule is CCCC1CC(=O)N(CCOc2ccc(C#N)cc2)C1. The zero-order chi connectivity index (χ0) is 14.4. The summed E-state index contributed by atoms with van der Waals surface area (Å²) < 4.78 is 5.61. The predicted molar refractivity (Wildman–Crippen MR) is 76.2 cm³/mol. The molecule has 1 saturated heterocycles. The minimum absolute atomic E-state index is 0.242. The van der Waals surface area contributed by atoms with Gasteiger partial charge in [0.15, 0.2) is 0 Å². The number of nitrogens with zero attached hydrogens (tertiary/aromatic N) is 2. The van der Waals surface area contributed by atoms with Crippen LogP contribution in [0.2, 0.25) is 0 Å². The van der Waals surface area contributed by atoms with Gasteiger partial charge in [0.2, 0.25) is 5.91 Å². The largest absolute Gasteiger partial charge is 0.492 e. The van der Waals surface area contributed by atoms with Gasteiger partial charge < -0.3 is 9.64 Å². The molecule has 1 aromatic rings. The second kappa shape index (κ2) is 6.95. The Bertz CT molecular complexity index is 490. The van der Waals surface area contributed by atoms with Gasteiger partial charge in [-0.3, -0.25) is 4.79 Å². The number of likely N-dealkylation sites (tertiary alicyclic amines) is 1. The molecule has 1 heterocycles. The van der Waals surface area contributed by atoms with E-state index in [4.69, 9.17) is 10.00 Å². The first-order valence-electron chi connectivity index (χ1n) is 7.13. The molecule has 1 fully saturated rings. The lowest BCUT2D eigenvalue weighted by Gasteiger charge is -2.17. The van der Waals surface area contributed by atoms with Crippen molar-refractivity contribution in [2.24, 2.45) is 5.92 Å². The van der Waals surface area contributed by atoms with Gasteiger partial charge in [0.05, 0.1) is 18.2 Å². The van der Waals surface area contributed by atoms with E-state index in [1.54, 1.807) is 24.3 Å².